The summed E-state index contributed by atoms with van der Waals surface area (Å²) >= 11 is 0. The molecule has 0 N–H and O–H groups in total. The van der Waals surface area contributed by atoms with Gasteiger partial charge in [-0.1, -0.05) is 30.2 Å². The van der Waals surface area contributed by atoms with Crippen LogP contribution in [0.3, 0.4) is 0 Å². The number of rotatable bonds is 2. The fourth-order valence-corrected chi connectivity index (χ4v) is 1.80. The molecule has 0 aromatic carbocycles. The van der Waals surface area contributed by atoms with Crippen molar-refractivity contribution in [2.75, 3.05) is 0 Å². The van der Waals surface area contributed by atoms with Gasteiger partial charge in [0.25, 0.3) is 0 Å². The van der Waals surface area contributed by atoms with Crippen LogP contribution in [0.4, 0.5) is 0 Å². The summed E-state index contributed by atoms with van der Waals surface area (Å²) in [5.41, 5.74) is 4.57. The van der Waals surface area contributed by atoms with Gasteiger partial charge in [-0.05, 0) is 39.0 Å². The van der Waals surface area contributed by atoms with Crippen LogP contribution in [0.25, 0.3) is 0 Å². The summed E-state index contributed by atoms with van der Waals surface area (Å²) in [4.78, 5) is 0. The van der Waals surface area contributed by atoms with E-state index in [1.165, 1.54) is 24.8 Å². The molecule has 0 radical (unpaired) electrons. The van der Waals surface area contributed by atoms with Crippen LogP contribution < -0.4 is 0 Å². The number of hydrogen-bond acceptors (Lipinski definition) is 0. The predicted molar refractivity (Wildman–Crippen MR) is 50.5 cm³/mol. The zero-order valence-corrected chi connectivity index (χ0v) is 7.91. The van der Waals surface area contributed by atoms with Gasteiger partial charge >= 0.3 is 0 Å². The zero-order valence-electron chi connectivity index (χ0n) is 7.91. The molecule has 0 nitrogen and oxygen atoms in total. The standard InChI is InChI=1S/C11H18/c1-8(2)10(4)11-7-5-6-9(11)3/h10H,1,5-7H2,2-4H3. The molecule has 0 bridgehead atoms. The molecule has 1 aliphatic rings. The fraction of sp³-hybridized carbons (Fsp3) is 0.636. The van der Waals surface area contributed by atoms with E-state index in [-0.39, 0.29) is 0 Å². The lowest BCUT2D eigenvalue weighted by Gasteiger charge is -2.13. The molecule has 0 aromatic rings. The molecular weight excluding hydrogens is 132 g/mol. The van der Waals surface area contributed by atoms with E-state index >= 15 is 0 Å². The van der Waals surface area contributed by atoms with E-state index in [9.17, 15) is 0 Å². The predicted octanol–water partition coefficient (Wildman–Crippen LogP) is 3.70. The third-order valence-electron chi connectivity index (χ3n) is 2.81. The highest BCUT2D eigenvalue weighted by atomic mass is 14.2. The SMILES string of the molecule is C=C(C)C(C)C1=C(C)CCC1. The molecule has 0 spiro atoms. The van der Waals surface area contributed by atoms with Crippen LogP contribution in [0.1, 0.15) is 40.0 Å². The first kappa shape index (κ1) is 8.58. The van der Waals surface area contributed by atoms with Gasteiger partial charge in [0.2, 0.25) is 0 Å². The Morgan fingerprint density at radius 3 is 2.45 bits per heavy atom. The lowest BCUT2D eigenvalue weighted by molar-refractivity contribution is 0.752. The molecule has 0 saturated carbocycles. The molecule has 0 heteroatoms. The Morgan fingerprint density at radius 1 is 1.45 bits per heavy atom. The Balaban J connectivity index is 2.73. The summed E-state index contributed by atoms with van der Waals surface area (Å²) < 4.78 is 0. The maximum Gasteiger partial charge on any atom is -0.00243 e. The molecule has 0 saturated heterocycles. The number of hydrogen-bond donors (Lipinski definition) is 0. The molecule has 1 atom stereocenters. The van der Waals surface area contributed by atoms with Crippen molar-refractivity contribution in [2.24, 2.45) is 5.92 Å². The van der Waals surface area contributed by atoms with Crippen molar-refractivity contribution in [3.63, 3.8) is 0 Å². The highest BCUT2D eigenvalue weighted by molar-refractivity contribution is 5.25. The topological polar surface area (TPSA) is 0 Å². The Morgan fingerprint density at radius 2 is 2.09 bits per heavy atom. The zero-order chi connectivity index (χ0) is 8.43. The average molecular weight is 150 g/mol. The van der Waals surface area contributed by atoms with Crippen molar-refractivity contribution in [3.8, 4) is 0 Å². The fourth-order valence-electron chi connectivity index (χ4n) is 1.80. The first-order chi connectivity index (χ1) is 5.13. The third-order valence-corrected chi connectivity index (χ3v) is 2.81. The van der Waals surface area contributed by atoms with E-state index < -0.39 is 0 Å². The summed E-state index contributed by atoms with van der Waals surface area (Å²) in [6, 6.07) is 0. The largest absolute Gasteiger partial charge is 0.0995 e. The second-order valence-electron chi connectivity index (χ2n) is 3.73. The minimum atomic E-state index is 0.623. The maximum atomic E-state index is 4.00. The molecule has 62 valence electrons. The Hall–Kier alpha value is -0.520. The van der Waals surface area contributed by atoms with Crippen molar-refractivity contribution >= 4 is 0 Å². The quantitative estimate of drug-likeness (QED) is 0.526. The maximum absolute atomic E-state index is 4.00. The first-order valence-corrected chi connectivity index (χ1v) is 4.47. The third kappa shape index (κ3) is 1.74. The van der Waals surface area contributed by atoms with Crippen LogP contribution in [0.2, 0.25) is 0 Å². The molecule has 0 fully saturated rings. The second-order valence-corrected chi connectivity index (χ2v) is 3.73. The minimum absolute atomic E-state index is 0.623. The molecule has 1 rings (SSSR count). The smallest absolute Gasteiger partial charge is 0.00243 e. The highest BCUT2D eigenvalue weighted by Gasteiger charge is 2.16. The van der Waals surface area contributed by atoms with Gasteiger partial charge in [0, 0.05) is 0 Å². The molecule has 0 heterocycles. The lowest BCUT2D eigenvalue weighted by atomic mass is 9.92. The van der Waals surface area contributed by atoms with E-state index in [2.05, 4.69) is 27.4 Å². The summed E-state index contributed by atoms with van der Waals surface area (Å²) in [7, 11) is 0. The van der Waals surface area contributed by atoms with Crippen LogP contribution in [-0.4, -0.2) is 0 Å². The van der Waals surface area contributed by atoms with Crippen LogP contribution in [-0.2, 0) is 0 Å². The van der Waals surface area contributed by atoms with E-state index in [0.29, 0.717) is 5.92 Å². The second kappa shape index (κ2) is 3.25. The van der Waals surface area contributed by atoms with E-state index in [1.807, 2.05) is 0 Å². The Kier molecular flexibility index (Phi) is 2.53. The Labute approximate surface area is 70.0 Å². The molecule has 1 unspecified atom stereocenters. The molecule has 1 aliphatic carbocycles. The normalized spacial score (nSPS) is 20.6. The summed E-state index contributed by atoms with van der Waals surface area (Å²) in [5.74, 6) is 0.623. The minimum Gasteiger partial charge on any atom is -0.0995 e. The first-order valence-electron chi connectivity index (χ1n) is 4.47. The van der Waals surface area contributed by atoms with E-state index in [0.717, 1.165) is 0 Å². The van der Waals surface area contributed by atoms with Crippen LogP contribution in [0, 0.1) is 5.92 Å². The highest BCUT2D eigenvalue weighted by Crippen LogP contribution is 2.33. The molecule has 11 heavy (non-hydrogen) atoms. The van der Waals surface area contributed by atoms with Crippen molar-refractivity contribution in [2.45, 2.75) is 40.0 Å². The van der Waals surface area contributed by atoms with Gasteiger partial charge in [-0.15, -0.1) is 0 Å². The average Bonchev–Trinajstić information content (AvgIpc) is 2.33. The van der Waals surface area contributed by atoms with Gasteiger partial charge < -0.3 is 0 Å². The monoisotopic (exact) mass is 150 g/mol. The van der Waals surface area contributed by atoms with Gasteiger partial charge in [0.15, 0.2) is 0 Å². The molecule has 0 amide bonds. The van der Waals surface area contributed by atoms with E-state index in [1.54, 1.807) is 11.1 Å². The van der Waals surface area contributed by atoms with Crippen molar-refractivity contribution in [1.29, 1.82) is 0 Å². The van der Waals surface area contributed by atoms with Crippen molar-refractivity contribution in [3.05, 3.63) is 23.3 Å². The van der Waals surface area contributed by atoms with E-state index in [4.69, 9.17) is 0 Å². The van der Waals surface area contributed by atoms with Gasteiger partial charge in [-0.25, -0.2) is 0 Å². The molecule has 0 aromatic heterocycles. The number of allylic oxidation sites excluding steroid dienone is 3. The summed E-state index contributed by atoms with van der Waals surface area (Å²) in [6.07, 6.45) is 3.98. The van der Waals surface area contributed by atoms with Gasteiger partial charge in [0.05, 0.1) is 0 Å². The summed E-state index contributed by atoms with van der Waals surface area (Å²) in [6.45, 7) is 10.7. The van der Waals surface area contributed by atoms with Crippen LogP contribution in [0.5, 0.6) is 0 Å². The molecule has 0 aliphatic heterocycles. The lowest BCUT2D eigenvalue weighted by Crippen LogP contribution is -1.98. The van der Waals surface area contributed by atoms with Crippen molar-refractivity contribution in [1.82, 2.24) is 0 Å². The van der Waals surface area contributed by atoms with Crippen LogP contribution in [0.15, 0.2) is 23.3 Å². The van der Waals surface area contributed by atoms with Crippen LogP contribution >= 0.6 is 0 Å². The van der Waals surface area contributed by atoms with Crippen molar-refractivity contribution < 1.29 is 0 Å². The van der Waals surface area contributed by atoms with Gasteiger partial charge in [-0.2, -0.15) is 0 Å². The van der Waals surface area contributed by atoms with Gasteiger partial charge in [-0.3, -0.25) is 0 Å². The van der Waals surface area contributed by atoms with Gasteiger partial charge in [0.1, 0.15) is 0 Å². The summed E-state index contributed by atoms with van der Waals surface area (Å²) in [5, 5.41) is 0. The molecular formula is C11H18. The Bertz CT molecular complexity index is 196.